The van der Waals surface area contributed by atoms with E-state index in [-0.39, 0.29) is 0 Å². The first-order valence-electron chi connectivity index (χ1n) is 4.81. The Morgan fingerprint density at radius 2 is 2.29 bits per heavy atom. The van der Waals surface area contributed by atoms with Crippen LogP contribution in [-0.2, 0) is 7.05 Å². The van der Waals surface area contributed by atoms with Crippen LogP contribution in [0.4, 0.5) is 0 Å². The van der Waals surface area contributed by atoms with Crippen LogP contribution in [0.1, 0.15) is 13.8 Å². The van der Waals surface area contributed by atoms with Crippen LogP contribution in [0, 0.1) is 11.8 Å². The molecule has 0 fully saturated rings. The van der Waals surface area contributed by atoms with E-state index in [0.29, 0.717) is 11.8 Å². The molecule has 1 heterocycles. The zero-order valence-corrected chi connectivity index (χ0v) is 10.5. The van der Waals surface area contributed by atoms with E-state index in [9.17, 15) is 0 Å². The Balaban J connectivity index is 2.39. The molecule has 0 spiro atoms. The lowest BCUT2D eigenvalue weighted by atomic mass is 9.99. The number of halogens is 1. The molecular formula is C10H17BrN2O. The Kier molecular flexibility index (Phi) is 4.45. The molecule has 1 aromatic heterocycles. The Morgan fingerprint density at radius 3 is 2.71 bits per heavy atom. The minimum atomic E-state index is 0.551. The van der Waals surface area contributed by atoms with Gasteiger partial charge in [-0.2, -0.15) is 5.10 Å². The van der Waals surface area contributed by atoms with E-state index in [4.69, 9.17) is 4.74 Å². The first-order chi connectivity index (χ1) is 6.63. The van der Waals surface area contributed by atoms with Crippen molar-refractivity contribution >= 4 is 15.9 Å². The van der Waals surface area contributed by atoms with Gasteiger partial charge in [-0.3, -0.25) is 4.68 Å². The summed E-state index contributed by atoms with van der Waals surface area (Å²) >= 11 is 3.49. The van der Waals surface area contributed by atoms with Gasteiger partial charge in [0, 0.05) is 18.3 Å². The van der Waals surface area contributed by atoms with Crippen LogP contribution in [0.5, 0.6) is 5.75 Å². The van der Waals surface area contributed by atoms with E-state index >= 15 is 0 Å². The third-order valence-electron chi connectivity index (χ3n) is 2.29. The van der Waals surface area contributed by atoms with Crippen molar-refractivity contribution < 1.29 is 4.74 Å². The molecule has 4 heteroatoms. The normalized spacial score (nSPS) is 13.2. The van der Waals surface area contributed by atoms with Gasteiger partial charge in [-0.25, -0.2) is 0 Å². The second-order valence-corrected chi connectivity index (χ2v) is 4.47. The summed E-state index contributed by atoms with van der Waals surface area (Å²) in [6, 6.07) is 0. The number of alkyl halides is 1. The highest BCUT2D eigenvalue weighted by atomic mass is 79.9. The summed E-state index contributed by atoms with van der Waals surface area (Å²) in [5.41, 5.74) is 0. The standard InChI is InChI=1S/C10H17BrN2O/c1-8(2)9(4-11)7-14-10-5-12-13(3)6-10/h5-6,8-9H,4,7H2,1-3H3. The average molecular weight is 261 g/mol. The Morgan fingerprint density at radius 1 is 1.57 bits per heavy atom. The predicted molar refractivity (Wildman–Crippen MR) is 60.8 cm³/mol. The molecule has 0 saturated heterocycles. The summed E-state index contributed by atoms with van der Waals surface area (Å²) in [7, 11) is 1.89. The first-order valence-corrected chi connectivity index (χ1v) is 5.93. The van der Waals surface area contributed by atoms with Crippen molar-refractivity contribution in [2.75, 3.05) is 11.9 Å². The average Bonchev–Trinajstić information content (AvgIpc) is 2.52. The molecule has 0 amide bonds. The maximum absolute atomic E-state index is 5.63. The largest absolute Gasteiger partial charge is 0.490 e. The third kappa shape index (κ3) is 3.33. The Labute approximate surface area is 93.6 Å². The summed E-state index contributed by atoms with van der Waals surface area (Å²) in [5.74, 6) is 2.03. The molecular weight excluding hydrogens is 244 g/mol. The maximum atomic E-state index is 5.63. The second-order valence-electron chi connectivity index (χ2n) is 3.82. The molecule has 0 bridgehead atoms. The highest BCUT2D eigenvalue weighted by molar-refractivity contribution is 9.09. The number of aryl methyl sites for hydroxylation is 1. The molecule has 80 valence electrons. The van der Waals surface area contributed by atoms with Crippen LogP contribution in [0.15, 0.2) is 12.4 Å². The Hall–Kier alpha value is -0.510. The van der Waals surface area contributed by atoms with Crippen molar-refractivity contribution in [3.63, 3.8) is 0 Å². The molecule has 0 radical (unpaired) electrons. The third-order valence-corrected chi connectivity index (χ3v) is 3.12. The van der Waals surface area contributed by atoms with Gasteiger partial charge in [0.2, 0.25) is 0 Å². The lowest BCUT2D eigenvalue weighted by Gasteiger charge is -2.17. The smallest absolute Gasteiger partial charge is 0.157 e. The zero-order chi connectivity index (χ0) is 10.6. The lowest BCUT2D eigenvalue weighted by molar-refractivity contribution is 0.227. The fourth-order valence-electron chi connectivity index (χ4n) is 1.09. The van der Waals surface area contributed by atoms with E-state index in [1.165, 1.54) is 0 Å². The molecule has 14 heavy (non-hydrogen) atoms. The van der Waals surface area contributed by atoms with Gasteiger partial charge in [0.1, 0.15) is 0 Å². The fraction of sp³-hybridized carbons (Fsp3) is 0.700. The molecule has 0 aliphatic heterocycles. The number of nitrogens with zero attached hydrogens (tertiary/aromatic N) is 2. The molecule has 1 rings (SSSR count). The molecule has 3 nitrogen and oxygen atoms in total. The Bertz CT molecular complexity index is 273. The van der Waals surface area contributed by atoms with Gasteiger partial charge in [0.25, 0.3) is 0 Å². The minimum absolute atomic E-state index is 0.551. The van der Waals surface area contributed by atoms with Crippen LogP contribution in [0.2, 0.25) is 0 Å². The number of rotatable bonds is 5. The highest BCUT2D eigenvalue weighted by Crippen LogP contribution is 2.16. The van der Waals surface area contributed by atoms with Crippen molar-refractivity contribution in [3.05, 3.63) is 12.4 Å². The summed E-state index contributed by atoms with van der Waals surface area (Å²) in [6.07, 6.45) is 3.62. The van der Waals surface area contributed by atoms with Gasteiger partial charge < -0.3 is 4.74 Å². The number of hydrogen-bond acceptors (Lipinski definition) is 2. The summed E-state index contributed by atoms with van der Waals surface area (Å²) in [5, 5.41) is 5.02. The zero-order valence-electron chi connectivity index (χ0n) is 8.90. The fourth-order valence-corrected chi connectivity index (χ4v) is 2.03. The van der Waals surface area contributed by atoms with E-state index < -0.39 is 0 Å². The van der Waals surface area contributed by atoms with Gasteiger partial charge in [0.15, 0.2) is 5.75 Å². The molecule has 0 aliphatic carbocycles. The predicted octanol–water partition coefficient (Wildman–Crippen LogP) is 2.47. The topological polar surface area (TPSA) is 27.1 Å². The van der Waals surface area contributed by atoms with Gasteiger partial charge in [0.05, 0.1) is 19.0 Å². The van der Waals surface area contributed by atoms with Gasteiger partial charge in [-0.05, 0) is 5.92 Å². The van der Waals surface area contributed by atoms with E-state index in [1.54, 1.807) is 10.9 Å². The van der Waals surface area contributed by atoms with Crippen molar-refractivity contribution in [1.29, 1.82) is 0 Å². The summed E-state index contributed by atoms with van der Waals surface area (Å²) < 4.78 is 7.37. The second kappa shape index (κ2) is 5.39. The van der Waals surface area contributed by atoms with E-state index in [2.05, 4.69) is 34.9 Å². The summed E-state index contributed by atoms with van der Waals surface area (Å²) in [4.78, 5) is 0. The van der Waals surface area contributed by atoms with Crippen LogP contribution in [-0.4, -0.2) is 21.7 Å². The van der Waals surface area contributed by atoms with Crippen molar-refractivity contribution in [3.8, 4) is 5.75 Å². The minimum Gasteiger partial charge on any atom is -0.490 e. The summed E-state index contributed by atoms with van der Waals surface area (Å²) in [6.45, 7) is 5.16. The number of ether oxygens (including phenoxy) is 1. The highest BCUT2D eigenvalue weighted by Gasteiger charge is 2.12. The van der Waals surface area contributed by atoms with Gasteiger partial charge in [-0.1, -0.05) is 29.8 Å². The van der Waals surface area contributed by atoms with Crippen molar-refractivity contribution in [1.82, 2.24) is 9.78 Å². The molecule has 0 aliphatic rings. The van der Waals surface area contributed by atoms with Crippen molar-refractivity contribution in [2.45, 2.75) is 13.8 Å². The first kappa shape index (κ1) is 11.6. The van der Waals surface area contributed by atoms with E-state index in [0.717, 1.165) is 17.7 Å². The van der Waals surface area contributed by atoms with Gasteiger partial charge >= 0.3 is 0 Å². The maximum Gasteiger partial charge on any atom is 0.157 e. The molecule has 0 saturated carbocycles. The molecule has 1 unspecified atom stereocenters. The molecule has 0 aromatic carbocycles. The van der Waals surface area contributed by atoms with E-state index in [1.807, 2.05) is 13.2 Å². The quantitative estimate of drug-likeness (QED) is 0.761. The van der Waals surface area contributed by atoms with Crippen LogP contribution < -0.4 is 4.74 Å². The van der Waals surface area contributed by atoms with Crippen molar-refractivity contribution in [2.24, 2.45) is 18.9 Å². The molecule has 0 N–H and O–H groups in total. The van der Waals surface area contributed by atoms with Crippen LogP contribution in [0.25, 0.3) is 0 Å². The van der Waals surface area contributed by atoms with Crippen LogP contribution >= 0.6 is 15.9 Å². The SMILES string of the molecule is CC(C)C(CBr)COc1cnn(C)c1. The van der Waals surface area contributed by atoms with Crippen LogP contribution in [0.3, 0.4) is 0 Å². The number of hydrogen-bond donors (Lipinski definition) is 0. The monoisotopic (exact) mass is 260 g/mol. The molecule has 1 aromatic rings. The molecule has 1 atom stereocenters. The van der Waals surface area contributed by atoms with Gasteiger partial charge in [-0.15, -0.1) is 0 Å². The lowest BCUT2D eigenvalue weighted by Crippen LogP contribution is -2.19. The number of aromatic nitrogens is 2.